The Bertz CT molecular complexity index is 1220. The van der Waals surface area contributed by atoms with Gasteiger partial charge in [-0.25, -0.2) is 4.68 Å². The van der Waals surface area contributed by atoms with E-state index >= 15 is 0 Å². The normalized spacial score (nSPS) is 13.6. The van der Waals surface area contributed by atoms with Crippen molar-refractivity contribution in [3.63, 3.8) is 0 Å². The van der Waals surface area contributed by atoms with Gasteiger partial charge in [-0.3, -0.25) is 14.9 Å². The Balaban J connectivity index is 1.57. The van der Waals surface area contributed by atoms with Gasteiger partial charge in [-0.05, 0) is 18.2 Å². The Labute approximate surface area is 200 Å². The number of non-ortho nitro benzene ring substituents is 1. The number of halogens is 1. The molecule has 1 amide bonds. The topological polar surface area (TPSA) is 116 Å². The molecule has 2 heterocycles. The van der Waals surface area contributed by atoms with E-state index in [4.69, 9.17) is 21.1 Å². The van der Waals surface area contributed by atoms with Crippen LogP contribution in [-0.2, 0) is 7.05 Å². The first-order valence-electron chi connectivity index (χ1n) is 10.4. The summed E-state index contributed by atoms with van der Waals surface area (Å²) in [6, 6.07) is 9.73. The van der Waals surface area contributed by atoms with Crippen LogP contribution in [-0.4, -0.2) is 71.1 Å². The van der Waals surface area contributed by atoms with Crippen molar-refractivity contribution in [3.8, 4) is 22.8 Å². The van der Waals surface area contributed by atoms with Crippen molar-refractivity contribution in [2.75, 3.05) is 45.3 Å². The molecule has 11 nitrogen and oxygen atoms in total. The summed E-state index contributed by atoms with van der Waals surface area (Å²) in [6.07, 6.45) is 0. The zero-order valence-corrected chi connectivity index (χ0v) is 19.7. The van der Waals surface area contributed by atoms with E-state index in [9.17, 15) is 14.9 Å². The third-order valence-electron chi connectivity index (χ3n) is 5.74. The number of anilines is 1. The Morgan fingerprint density at radius 1 is 1.09 bits per heavy atom. The van der Waals surface area contributed by atoms with Gasteiger partial charge in [-0.15, -0.1) is 5.10 Å². The van der Waals surface area contributed by atoms with Gasteiger partial charge in [-0.2, -0.15) is 0 Å². The van der Waals surface area contributed by atoms with E-state index in [0.29, 0.717) is 65.3 Å². The minimum absolute atomic E-state index is 0.0643. The highest BCUT2D eigenvalue weighted by Crippen LogP contribution is 2.39. The van der Waals surface area contributed by atoms with Crippen LogP contribution < -0.4 is 14.4 Å². The van der Waals surface area contributed by atoms with Crippen molar-refractivity contribution in [2.24, 2.45) is 7.05 Å². The molecule has 1 aliphatic heterocycles. The molecule has 0 bridgehead atoms. The number of carbonyl (C=O) groups excluding carboxylic acids is 1. The fraction of sp³-hybridized carbons (Fsp3) is 0.318. The van der Waals surface area contributed by atoms with Gasteiger partial charge in [0.2, 0.25) is 0 Å². The summed E-state index contributed by atoms with van der Waals surface area (Å²) in [5.74, 6) is 0.822. The number of piperazine rings is 1. The Morgan fingerprint density at radius 2 is 1.74 bits per heavy atom. The molecule has 3 aromatic rings. The predicted octanol–water partition coefficient (Wildman–Crippen LogP) is 3.02. The van der Waals surface area contributed by atoms with Crippen LogP contribution >= 0.6 is 11.6 Å². The molecule has 4 rings (SSSR count). The molecule has 0 spiro atoms. The van der Waals surface area contributed by atoms with Gasteiger partial charge in [0.25, 0.3) is 11.6 Å². The first-order valence-corrected chi connectivity index (χ1v) is 10.8. The molecule has 1 saturated heterocycles. The van der Waals surface area contributed by atoms with Crippen LogP contribution in [0.3, 0.4) is 0 Å². The van der Waals surface area contributed by atoms with Gasteiger partial charge in [0, 0.05) is 45.4 Å². The van der Waals surface area contributed by atoms with Crippen LogP contribution in [0, 0.1) is 10.1 Å². The van der Waals surface area contributed by atoms with Crippen molar-refractivity contribution >= 4 is 28.9 Å². The van der Waals surface area contributed by atoms with Gasteiger partial charge in [-0.1, -0.05) is 22.9 Å². The van der Waals surface area contributed by atoms with Crippen molar-refractivity contribution < 1.29 is 19.2 Å². The molecule has 12 heteroatoms. The molecule has 178 valence electrons. The van der Waals surface area contributed by atoms with E-state index in [1.165, 1.54) is 16.8 Å². The molecule has 0 unspecified atom stereocenters. The summed E-state index contributed by atoms with van der Waals surface area (Å²) in [7, 11) is 4.75. The number of nitro groups is 1. The van der Waals surface area contributed by atoms with Crippen LogP contribution in [0.15, 0.2) is 36.4 Å². The van der Waals surface area contributed by atoms with Gasteiger partial charge in [0.05, 0.1) is 35.4 Å². The van der Waals surface area contributed by atoms with Crippen molar-refractivity contribution in [1.29, 1.82) is 0 Å². The summed E-state index contributed by atoms with van der Waals surface area (Å²) in [5, 5.41) is 19.6. The molecule has 1 fully saturated rings. The monoisotopic (exact) mass is 486 g/mol. The lowest BCUT2D eigenvalue weighted by Crippen LogP contribution is -2.49. The van der Waals surface area contributed by atoms with Gasteiger partial charge in [0.15, 0.2) is 5.69 Å². The third kappa shape index (κ3) is 4.21. The molecule has 34 heavy (non-hydrogen) atoms. The average molecular weight is 487 g/mol. The highest BCUT2D eigenvalue weighted by molar-refractivity contribution is 6.33. The number of rotatable bonds is 6. The van der Waals surface area contributed by atoms with Crippen LogP contribution in [0.1, 0.15) is 10.5 Å². The van der Waals surface area contributed by atoms with Gasteiger partial charge < -0.3 is 19.3 Å². The summed E-state index contributed by atoms with van der Waals surface area (Å²) >= 11 is 6.28. The lowest BCUT2D eigenvalue weighted by molar-refractivity contribution is -0.384. The molecule has 2 aromatic carbocycles. The average Bonchev–Trinajstić information content (AvgIpc) is 3.23. The molecular weight excluding hydrogens is 464 g/mol. The molecule has 1 aliphatic rings. The van der Waals surface area contributed by atoms with E-state index in [1.807, 2.05) is 4.90 Å². The predicted molar refractivity (Wildman–Crippen MR) is 126 cm³/mol. The van der Waals surface area contributed by atoms with E-state index in [2.05, 4.69) is 10.3 Å². The summed E-state index contributed by atoms with van der Waals surface area (Å²) in [6.45, 7) is 1.89. The molecule has 0 radical (unpaired) electrons. The van der Waals surface area contributed by atoms with Crippen molar-refractivity contribution in [3.05, 3.63) is 57.2 Å². The van der Waals surface area contributed by atoms with Crippen LogP contribution in [0.5, 0.6) is 11.5 Å². The third-order valence-corrected chi connectivity index (χ3v) is 6.05. The zero-order valence-electron chi connectivity index (χ0n) is 18.9. The summed E-state index contributed by atoms with van der Waals surface area (Å²) < 4.78 is 12.4. The van der Waals surface area contributed by atoms with E-state index in [-0.39, 0.29) is 11.6 Å². The minimum Gasteiger partial charge on any atom is -0.496 e. The Morgan fingerprint density at radius 3 is 2.29 bits per heavy atom. The first kappa shape index (κ1) is 23.3. The Hall–Kier alpha value is -3.86. The number of ether oxygens (including phenoxy) is 2. The highest BCUT2D eigenvalue weighted by Gasteiger charge is 2.31. The molecule has 1 aromatic heterocycles. The summed E-state index contributed by atoms with van der Waals surface area (Å²) in [4.78, 5) is 27.7. The molecule has 0 N–H and O–H groups in total. The fourth-order valence-corrected chi connectivity index (χ4v) is 4.31. The smallest absolute Gasteiger partial charge is 0.274 e. The first-order chi connectivity index (χ1) is 16.3. The van der Waals surface area contributed by atoms with Gasteiger partial charge >= 0.3 is 0 Å². The number of aryl methyl sites for hydroxylation is 1. The second kappa shape index (κ2) is 9.56. The van der Waals surface area contributed by atoms with E-state index in [0.717, 1.165) is 0 Å². The number of hydrogen-bond donors (Lipinski definition) is 0. The van der Waals surface area contributed by atoms with Gasteiger partial charge in [0.1, 0.15) is 17.2 Å². The van der Waals surface area contributed by atoms with Crippen LogP contribution in [0.25, 0.3) is 11.3 Å². The number of carbonyl (C=O) groups is 1. The van der Waals surface area contributed by atoms with E-state index in [1.54, 1.807) is 50.4 Å². The fourth-order valence-electron chi connectivity index (χ4n) is 4.02. The Kier molecular flexibility index (Phi) is 6.55. The quantitative estimate of drug-likeness (QED) is 0.385. The zero-order chi connectivity index (χ0) is 24.4. The second-order valence-electron chi connectivity index (χ2n) is 7.62. The standard InChI is InChI=1S/C22H23ClN6O5/c1-26-21(20(24-25-26)19-17(33-2)5-4-6-18(19)34-3)22(30)28-11-9-27(10-12-28)16-8-7-14(29(31)32)13-15(16)23/h4-8,13H,9-12H2,1-3H3. The maximum atomic E-state index is 13.5. The molecular formula is C22H23ClN6O5. The SMILES string of the molecule is COc1cccc(OC)c1-c1nnn(C)c1C(=O)N1CCN(c2ccc([N+](=O)[O-])cc2Cl)CC1. The molecule has 0 atom stereocenters. The van der Waals surface area contributed by atoms with E-state index < -0.39 is 4.92 Å². The maximum Gasteiger partial charge on any atom is 0.274 e. The number of methoxy groups -OCH3 is 2. The lowest BCUT2D eigenvalue weighted by Gasteiger charge is -2.36. The molecule has 0 aliphatic carbocycles. The second-order valence-corrected chi connectivity index (χ2v) is 8.03. The largest absolute Gasteiger partial charge is 0.496 e. The van der Waals surface area contributed by atoms with Crippen molar-refractivity contribution in [2.45, 2.75) is 0 Å². The maximum absolute atomic E-state index is 13.5. The minimum atomic E-state index is -0.484. The lowest BCUT2D eigenvalue weighted by atomic mass is 10.1. The highest BCUT2D eigenvalue weighted by atomic mass is 35.5. The number of nitro benzene ring substituents is 1. The number of benzene rings is 2. The van der Waals surface area contributed by atoms with Crippen molar-refractivity contribution in [1.82, 2.24) is 19.9 Å². The number of hydrogen-bond acceptors (Lipinski definition) is 8. The van der Waals surface area contributed by atoms with Crippen LogP contribution in [0.2, 0.25) is 5.02 Å². The van der Waals surface area contributed by atoms with Crippen LogP contribution in [0.4, 0.5) is 11.4 Å². The number of aromatic nitrogens is 3. The summed E-state index contributed by atoms with van der Waals surface area (Å²) in [5.41, 5.74) is 1.89. The molecule has 0 saturated carbocycles. The number of nitrogens with zero attached hydrogens (tertiary/aromatic N) is 6. The number of amides is 1.